The van der Waals surface area contributed by atoms with E-state index < -0.39 is 5.97 Å². The first kappa shape index (κ1) is 14.6. The smallest absolute Gasteiger partial charge is 0.336 e. The largest absolute Gasteiger partial charge is 0.478 e. The fraction of sp³-hybridized carbons (Fsp3) is 0.500. The van der Waals surface area contributed by atoms with Crippen LogP contribution in [0.25, 0.3) is 0 Å². The molecule has 0 saturated heterocycles. The standard InChI is InChI=1S/C16H21NO3/c1-10-7-13(9-14(11(10)2)16(19)20)17-15(18)8-12-5-3-4-6-12/h7,9,12H,3-6,8H2,1-2H3,(H,17,18)(H,19,20). The number of carbonyl (C=O) groups is 2. The Balaban J connectivity index is 2.08. The van der Waals surface area contributed by atoms with Crippen LogP contribution in [0.5, 0.6) is 0 Å². The maximum atomic E-state index is 12.0. The van der Waals surface area contributed by atoms with E-state index in [1.807, 2.05) is 13.0 Å². The zero-order chi connectivity index (χ0) is 14.7. The molecular formula is C16H21NO3. The van der Waals surface area contributed by atoms with E-state index in [9.17, 15) is 9.59 Å². The first-order chi connectivity index (χ1) is 9.47. The van der Waals surface area contributed by atoms with Gasteiger partial charge in [0.1, 0.15) is 0 Å². The van der Waals surface area contributed by atoms with Gasteiger partial charge in [0.15, 0.2) is 0 Å². The second kappa shape index (κ2) is 6.07. The lowest BCUT2D eigenvalue weighted by molar-refractivity contribution is -0.117. The summed E-state index contributed by atoms with van der Waals surface area (Å²) >= 11 is 0. The minimum absolute atomic E-state index is 0.0171. The van der Waals surface area contributed by atoms with Crippen LogP contribution in [-0.4, -0.2) is 17.0 Å². The second-order valence-corrected chi connectivity index (χ2v) is 5.67. The van der Waals surface area contributed by atoms with Crippen molar-refractivity contribution in [1.29, 1.82) is 0 Å². The van der Waals surface area contributed by atoms with Crippen molar-refractivity contribution in [1.82, 2.24) is 0 Å². The van der Waals surface area contributed by atoms with Gasteiger partial charge in [0.05, 0.1) is 5.56 Å². The Hall–Kier alpha value is -1.84. The van der Waals surface area contributed by atoms with Gasteiger partial charge in [-0.05, 0) is 55.9 Å². The van der Waals surface area contributed by atoms with E-state index in [-0.39, 0.29) is 11.5 Å². The van der Waals surface area contributed by atoms with Crippen LogP contribution >= 0.6 is 0 Å². The quantitative estimate of drug-likeness (QED) is 0.883. The molecule has 0 aliphatic heterocycles. The maximum absolute atomic E-state index is 12.0. The number of carboxylic acid groups (broad SMARTS) is 1. The van der Waals surface area contributed by atoms with Crippen LogP contribution in [-0.2, 0) is 4.79 Å². The van der Waals surface area contributed by atoms with Crippen LogP contribution in [0.2, 0.25) is 0 Å². The van der Waals surface area contributed by atoms with E-state index in [0.717, 1.165) is 24.0 Å². The number of anilines is 1. The lowest BCUT2D eigenvalue weighted by Crippen LogP contribution is -2.16. The van der Waals surface area contributed by atoms with Crippen molar-refractivity contribution in [3.8, 4) is 0 Å². The molecule has 1 fully saturated rings. The van der Waals surface area contributed by atoms with Gasteiger partial charge in [0.2, 0.25) is 5.91 Å². The summed E-state index contributed by atoms with van der Waals surface area (Å²) in [6.45, 7) is 3.64. The van der Waals surface area contributed by atoms with Gasteiger partial charge in [-0.15, -0.1) is 0 Å². The molecule has 4 heteroatoms. The summed E-state index contributed by atoms with van der Waals surface area (Å²) in [5, 5.41) is 12.0. The highest BCUT2D eigenvalue weighted by molar-refractivity contribution is 5.95. The normalized spacial score (nSPS) is 15.3. The van der Waals surface area contributed by atoms with Crippen LogP contribution in [0.15, 0.2) is 12.1 Å². The van der Waals surface area contributed by atoms with E-state index in [1.54, 1.807) is 6.92 Å². The van der Waals surface area contributed by atoms with Gasteiger partial charge in [0.25, 0.3) is 0 Å². The lowest BCUT2D eigenvalue weighted by atomic mass is 10.0. The number of benzene rings is 1. The fourth-order valence-electron chi connectivity index (χ4n) is 2.84. The number of amides is 1. The molecule has 2 rings (SSSR count). The zero-order valence-electron chi connectivity index (χ0n) is 12.0. The highest BCUT2D eigenvalue weighted by Gasteiger charge is 2.19. The molecule has 1 saturated carbocycles. The van der Waals surface area contributed by atoms with Crippen molar-refractivity contribution >= 4 is 17.6 Å². The van der Waals surface area contributed by atoms with E-state index >= 15 is 0 Å². The zero-order valence-corrected chi connectivity index (χ0v) is 12.0. The highest BCUT2D eigenvalue weighted by atomic mass is 16.4. The molecule has 0 aromatic heterocycles. The van der Waals surface area contributed by atoms with Gasteiger partial charge in [-0.3, -0.25) is 4.79 Å². The number of aryl methyl sites for hydroxylation is 1. The van der Waals surface area contributed by atoms with E-state index in [4.69, 9.17) is 5.11 Å². The number of carboxylic acids is 1. The fourth-order valence-corrected chi connectivity index (χ4v) is 2.84. The average molecular weight is 275 g/mol. The van der Waals surface area contributed by atoms with Gasteiger partial charge in [-0.1, -0.05) is 12.8 Å². The molecule has 0 radical (unpaired) electrons. The topological polar surface area (TPSA) is 66.4 Å². The lowest BCUT2D eigenvalue weighted by Gasteiger charge is -2.12. The molecule has 0 heterocycles. The summed E-state index contributed by atoms with van der Waals surface area (Å²) in [6, 6.07) is 3.37. The summed E-state index contributed by atoms with van der Waals surface area (Å²) in [7, 11) is 0. The van der Waals surface area contributed by atoms with Gasteiger partial charge >= 0.3 is 5.97 Å². The Morgan fingerprint density at radius 3 is 2.50 bits per heavy atom. The molecule has 0 unspecified atom stereocenters. The van der Waals surface area contributed by atoms with Crippen molar-refractivity contribution in [2.75, 3.05) is 5.32 Å². The first-order valence-corrected chi connectivity index (χ1v) is 7.11. The predicted octanol–water partition coefficient (Wildman–Crippen LogP) is 3.52. The summed E-state index contributed by atoms with van der Waals surface area (Å²) in [5.41, 5.74) is 2.45. The van der Waals surface area contributed by atoms with Crippen LogP contribution in [0.4, 0.5) is 5.69 Å². The SMILES string of the molecule is Cc1cc(NC(=O)CC2CCCC2)cc(C(=O)O)c1C. The van der Waals surface area contributed by atoms with Crippen molar-refractivity contribution in [2.24, 2.45) is 5.92 Å². The van der Waals surface area contributed by atoms with Crippen molar-refractivity contribution in [2.45, 2.75) is 46.0 Å². The average Bonchev–Trinajstić information content (AvgIpc) is 2.85. The van der Waals surface area contributed by atoms with E-state index in [0.29, 0.717) is 18.0 Å². The highest BCUT2D eigenvalue weighted by Crippen LogP contribution is 2.28. The monoisotopic (exact) mass is 275 g/mol. The number of nitrogens with one attached hydrogen (secondary N) is 1. The van der Waals surface area contributed by atoms with Crippen LogP contribution in [0.1, 0.15) is 53.6 Å². The van der Waals surface area contributed by atoms with Crippen molar-refractivity contribution in [3.05, 3.63) is 28.8 Å². The van der Waals surface area contributed by atoms with Crippen molar-refractivity contribution in [3.63, 3.8) is 0 Å². The second-order valence-electron chi connectivity index (χ2n) is 5.67. The third-order valence-electron chi connectivity index (χ3n) is 4.13. The molecule has 4 nitrogen and oxygen atoms in total. The number of carbonyl (C=O) groups excluding carboxylic acids is 1. The molecule has 1 aromatic rings. The Bertz CT molecular complexity index is 531. The maximum Gasteiger partial charge on any atom is 0.336 e. The summed E-state index contributed by atoms with van der Waals surface area (Å²) < 4.78 is 0. The first-order valence-electron chi connectivity index (χ1n) is 7.11. The summed E-state index contributed by atoms with van der Waals surface area (Å²) in [5.74, 6) is -0.491. The van der Waals surface area contributed by atoms with Gasteiger partial charge in [-0.2, -0.15) is 0 Å². The van der Waals surface area contributed by atoms with E-state index in [1.165, 1.54) is 18.9 Å². The van der Waals surface area contributed by atoms with Crippen LogP contribution in [0, 0.1) is 19.8 Å². The Kier molecular flexibility index (Phi) is 4.42. The molecule has 0 bridgehead atoms. The molecule has 0 atom stereocenters. The molecule has 1 amide bonds. The predicted molar refractivity (Wildman–Crippen MR) is 78.1 cm³/mol. The molecule has 108 valence electrons. The third-order valence-corrected chi connectivity index (χ3v) is 4.13. The van der Waals surface area contributed by atoms with Gasteiger partial charge < -0.3 is 10.4 Å². The summed E-state index contributed by atoms with van der Waals surface area (Å²) in [6.07, 6.45) is 5.21. The number of rotatable bonds is 4. The number of hydrogen-bond acceptors (Lipinski definition) is 2. The minimum Gasteiger partial charge on any atom is -0.478 e. The van der Waals surface area contributed by atoms with E-state index in [2.05, 4.69) is 5.32 Å². The molecule has 1 aliphatic rings. The third kappa shape index (κ3) is 3.38. The molecule has 1 aromatic carbocycles. The van der Waals surface area contributed by atoms with Gasteiger partial charge in [0, 0.05) is 12.1 Å². The summed E-state index contributed by atoms with van der Waals surface area (Å²) in [4.78, 5) is 23.2. The van der Waals surface area contributed by atoms with Crippen LogP contribution in [0.3, 0.4) is 0 Å². The van der Waals surface area contributed by atoms with Crippen molar-refractivity contribution < 1.29 is 14.7 Å². The minimum atomic E-state index is -0.961. The van der Waals surface area contributed by atoms with Crippen LogP contribution < -0.4 is 5.32 Å². The molecule has 20 heavy (non-hydrogen) atoms. The molecule has 1 aliphatic carbocycles. The number of hydrogen-bond donors (Lipinski definition) is 2. The Morgan fingerprint density at radius 2 is 1.90 bits per heavy atom. The number of aromatic carboxylic acids is 1. The molecule has 2 N–H and O–H groups in total. The van der Waals surface area contributed by atoms with Gasteiger partial charge in [-0.25, -0.2) is 4.79 Å². The molecule has 0 spiro atoms. The Labute approximate surface area is 119 Å². The molecular weight excluding hydrogens is 254 g/mol. The Morgan fingerprint density at radius 1 is 1.25 bits per heavy atom.